The van der Waals surface area contributed by atoms with Gasteiger partial charge in [0.15, 0.2) is 0 Å². The summed E-state index contributed by atoms with van der Waals surface area (Å²) in [6.07, 6.45) is 1.76. The predicted octanol–water partition coefficient (Wildman–Crippen LogP) is 2.76. The molecular formula is C17H19NO3. The van der Waals surface area contributed by atoms with Gasteiger partial charge in [0, 0.05) is 6.54 Å². The summed E-state index contributed by atoms with van der Waals surface area (Å²) in [6.45, 7) is 0.560. The summed E-state index contributed by atoms with van der Waals surface area (Å²) in [5.41, 5.74) is 1.48. The summed E-state index contributed by atoms with van der Waals surface area (Å²) in [5.74, 6) is 0.207. The fourth-order valence-electron chi connectivity index (χ4n) is 2.06. The minimum absolute atomic E-state index is 0.0450. The van der Waals surface area contributed by atoms with Gasteiger partial charge in [-0.25, -0.2) is 0 Å². The Morgan fingerprint density at radius 3 is 2.67 bits per heavy atom. The highest BCUT2D eigenvalue weighted by Crippen LogP contribution is 2.22. The molecule has 4 heteroatoms. The van der Waals surface area contributed by atoms with Crippen molar-refractivity contribution >= 4 is 5.91 Å². The number of amides is 1. The quantitative estimate of drug-likeness (QED) is 0.802. The molecule has 0 radical (unpaired) electrons. The minimum atomic E-state index is -0.292. The van der Waals surface area contributed by atoms with E-state index in [1.807, 2.05) is 18.2 Å². The predicted molar refractivity (Wildman–Crippen MR) is 81.8 cm³/mol. The van der Waals surface area contributed by atoms with Crippen LogP contribution in [0.4, 0.5) is 0 Å². The van der Waals surface area contributed by atoms with Gasteiger partial charge >= 0.3 is 0 Å². The van der Waals surface area contributed by atoms with Crippen LogP contribution in [0.15, 0.2) is 48.5 Å². The fourth-order valence-corrected chi connectivity index (χ4v) is 2.06. The van der Waals surface area contributed by atoms with Gasteiger partial charge in [-0.1, -0.05) is 30.3 Å². The molecule has 0 heterocycles. The number of aryl methyl sites for hydroxylation is 1. The minimum Gasteiger partial charge on any atom is -0.507 e. The molecule has 0 saturated carbocycles. The first kappa shape index (κ1) is 14.9. The number of hydrogen-bond acceptors (Lipinski definition) is 3. The van der Waals surface area contributed by atoms with Crippen LogP contribution in [0.25, 0.3) is 0 Å². The second-order valence-corrected chi connectivity index (χ2v) is 4.73. The largest absolute Gasteiger partial charge is 0.507 e. The van der Waals surface area contributed by atoms with Crippen molar-refractivity contribution in [2.45, 2.75) is 12.8 Å². The number of carbonyl (C=O) groups is 1. The summed E-state index contributed by atoms with van der Waals surface area (Å²) in [7, 11) is 1.52. The van der Waals surface area contributed by atoms with Crippen molar-refractivity contribution in [2.75, 3.05) is 13.7 Å². The van der Waals surface area contributed by atoms with Crippen LogP contribution in [0.2, 0.25) is 0 Å². The first-order valence-electron chi connectivity index (χ1n) is 6.90. The standard InChI is InChI=1S/C17H19NO3/c1-21-14-9-10-16(19)15(12-14)17(20)18-11-5-8-13-6-3-2-4-7-13/h2-4,6-7,9-10,12,19H,5,8,11H2,1H3,(H,18,20). The van der Waals surface area contributed by atoms with Crippen LogP contribution < -0.4 is 10.1 Å². The molecule has 0 aliphatic rings. The number of phenols is 1. The van der Waals surface area contributed by atoms with Crippen molar-refractivity contribution in [3.63, 3.8) is 0 Å². The Bertz CT molecular complexity index is 596. The molecule has 0 spiro atoms. The Kier molecular flexibility index (Phi) is 5.21. The van der Waals surface area contributed by atoms with Gasteiger partial charge in [0.05, 0.1) is 12.7 Å². The van der Waals surface area contributed by atoms with E-state index in [0.717, 1.165) is 12.8 Å². The van der Waals surface area contributed by atoms with Gasteiger partial charge in [0.25, 0.3) is 5.91 Å². The van der Waals surface area contributed by atoms with E-state index in [2.05, 4.69) is 17.4 Å². The SMILES string of the molecule is COc1ccc(O)c(C(=O)NCCCc2ccccc2)c1. The smallest absolute Gasteiger partial charge is 0.255 e. The molecule has 0 aliphatic heterocycles. The number of aromatic hydroxyl groups is 1. The third-order valence-electron chi connectivity index (χ3n) is 3.22. The molecule has 2 rings (SSSR count). The van der Waals surface area contributed by atoms with E-state index in [9.17, 15) is 9.90 Å². The highest BCUT2D eigenvalue weighted by atomic mass is 16.5. The molecular weight excluding hydrogens is 266 g/mol. The molecule has 21 heavy (non-hydrogen) atoms. The highest BCUT2D eigenvalue weighted by Gasteiger charge is 2.11. The van der Waals surface area contributed by atoms with Crippen LogP contribution in [-0.4, -0.2) is 24.7 Å². The van der Waals surface area contributed by atoms with Crippen LogP contribution >= 0.6 is 0 Å². The third-order valence-corrected chi connectivity index (χ3v) is 3.22. The van der Waals surface area contributed by atoms with Gasteiger partial charge in [0.2, 0.25) is 0 Å². The van der Waals surface area contributed by atoms with E-state index < -0.39 is 0 Å². The lowest BCUT2D eigenvalue weighted by atomic mass is 10.1. The van der Waals surface area contributed by atoms with Crippen molar-refractivity contribution in [1.29, 1.82) is 0 Å². The molecule has 0 atom stereocenters. The van der Waals surface area contributed by atoms with Gasteiger partial charge < -0.3 is 15.2 Å². The monoisotopic (exact) mass is 285 g/mol. The number of nitrogens with one attached hydrogen (secondary N) is 1. The molecule has 4 nitrogen and oxygen atoms in total. The van der Waals surface area contributed by atoms with Gasteiger partial charge in [-0.2, -0.15) is 0 Å². The van der Waals surface area contributed by atoms with Crippen LogP contribution in [0, 0.1) is 0 Å². The average molecular weight is 285 g/mol. The van der Waals surface area contributed by atoms with Crippen molar-refractivity contribution < 1.29 is 14.6 Å². The number of benzene rings is 2. The zero-order valence-corrected chi connectivity index (χ0v) is 12.0. The summed E-state index contributed by atoms with van der Waals surface area (Å²) >= 11 is 0. The summed E-state index contributed by atoms with van der Waals surface area (Å²) in [4.78, 5) is 12.0. The fraction of sp³-hybridized carbons (Fsp3) is 0.235. The Balaban J connectivity index is 1.84. The number of rotatable bonds is 6. The molecule has 0 fully saturated rings. The molecule has 2 aromatic carbocycles. The highest BCUT2D eigenvalue weighted by molar-refractivity contribution is 5.97. The number of phenolic OH excluding ortho intramolecular Hbond substituents is 1. The lowest BCUT2D eigenvalue weighted by molar-refractivity contribution is 0.0950. The zero-order valence-electron chi connectivity index (χ0n) is 12.0. The van der Waals surface area contributed by atoms with E-state index >= 15 is 0 Å². The summed E-state index contributed by atoms with van der Waals surface area (Å²) in [5, 5.41) is 12.5. The van der Waals surface area contributed by atoms with Crippen molar-refractivity contribution in [1.82, 2.24) is 5.32 Å². The van der Waals surface area contributed by atoms with E-state index in [-0.39, 0.29) is 17.2 Å². The van der Waals surface area contributed by atoms with E-state index in [4.69, 9.17) is 4.74 Å². The lowest BCUT2D eigenvalue weighted by Crippen LogP contribution is -2.24. The lowest BCUT2D eigenvalue weighted by Gasteiger charge is -2.08. The number of hydrogen-bond donors (Lipinski definition) is 2. The maximum atomic E-state index is 12.0. The molecule has 0 aliphatic carbocycles. The maximum absolute atomic E-state index is 12.0. The molecule has 1 amide bonds. The van der Waals surface area contributed by atoms with E-state index in [1.165, 1.54) is 24.8 Å². The van der Waals surface area contributed by atoms with E-state index in [0.29, 0.717) is 12.3 Å². The van der Waals surface area contributed by atoms with Gasteiger partial charge in [0.1, 0.15) is 11.5 Å². The van der Waals surface area contributed by atoms with Gasteiger partial charge in [-0.3, -0.25) is 4.79 Å². The van der Waals surface area contributed by atoms with Crippen molar-refractivity contribution in [2.24, 2.45) is 0 Å². The molecule has 2 N–H and O–H groups in total. The second-order valence-electron chi connectivity index (χ2n) is 4.73. The number of ether oxygens (including phenoxy) is 1. The van der Waals surface area contributed by atoms with Crippen LogP contribution in [0.3, 0.4) is 0 Å². The summed E-state index contributed by atoms with van der Waals surface area (Å²) in [6, 6.07) is 14.7. The first-order chi connectivity index (χ1) is 10.2. The van der Waals surface area contributed by atoms with Crippen LogP contribution in [0.1, 0.15) is 22.3 Å². The van der Waals surface area contributed by atoms with E-state index in [1.54, 1.807) is 6.07 Å². The Hall–Kier alpha value is -2.49. The molecule has 0 saturated heterocycles. The Morgan fingerprint density at radius 1 is 1.19 bits per heavy atom. The molecule has 0 aromatic heterocycles. The first-order valence-corrected chi connectivity index (χ1v) is 6.90. The van der Waals surface area contributed by atoms with Crippen molar-refractivity contribution in [3.05, 3.63) is 59.7 Å². The third kappa shape index (κ3) is 4.24. The number of methoxy groups -OCH3 is 1. The van der Waals surface area contributed by atoms with Crippen molar-refractivity contribution in [3.8, 4) is 11.5 Å². The van der Waals surface area contributed by atoms with Gasteiger partial charge in [-0.15, -0.1) is 0 Å². The topological polar surface area (TPSA) is 58.6 Å². The van der Waals surface area contributed by atoms with Crippen LogP contribution in [0.5, 0.6) is 11.5 Å². The normalized spacial score (nSPS) is 10.1. The zero-order chi connectivity index (χ0) is 15.1. The number of carbonyl (C=O) groups excluding carboxylic acids is 1. The molecule has 0 bridgehead atoms. The Morgan fingerprint density at radius 2 is 1.95 bits per heavy atom. The second kappa shape index (κ2) is 7.33. The average Bonchev–Trinajstić information content (AvgIpc) is 2.53. The molecule has 110 valence electrons. The van der Waals surface area contributed by atoms with Crippen LogP contribution in [-0.2, 0) is 6.42 Å². The molecule has 2 aromatic rings. The maximum Gasteiger partial charge on any atom is 0.255 e. The molecule has 0 unspecified atom stereocenters. The summed E-state index contributed by atoms with van der Waals surface area (Å²) < 4.78 is 5.05. The Labute approximate surface area is 124 Å². The van der Waals surface area contributed by atoms with Gasteiger partial charge in [-0.05, 0) is 36.6 Å².